The van der Waals surface area contributed by atoms with Crippen LogP contribution in [0.4, 0.5) is 0 Å². The SMILES string of the molecule is CCN(C(=O)c1ccn2ncc(-c3ccc(C(=O)NC)cc3)c2c1)C1C=CC(C#N)=CN1. The number of nitrogens with zero attached hydrogens (tertiary/aromatic N) is 4. The molecule has 1 aliphatic rings. The molecule has 0 bridgehead atoms. The van der Waals surface area contributed by atoms with E-state index in [-0.39, 0.29) is 18.0 Å². The second kappa shape index (κ2) is 8.78. The van der Waals surface area contributed by atoms with Gasteiger partial charge in [0.25, 0.3) is 11.8 Å². The number of likely N-dealkylation sites (N-methyl/N-ethyl adjacent to an activating group) is 1. The van der Waals surface area contributed by atoms with Gasteiger partial charge in [0.1, 0.15) is 12.2 Å². The summed E-state index contributed by atoms with van der Waals surface area (Å²) in [5.41, 5.74) is 4.17. The minimum Gasteiger partial charge on any atom is -0.367 e. The van der Waals surface area contributed by atoms with Gasteiger partial charge in [-0.25, -0.2) is 4.52 Å². The molecule has 8 heteroatoms. The van der Waals surface area contributed by atoms with Gasteiger partial charge in [-0.05, 0) is 48.9 Å². The molecule has 0 saturated carbocycles. The Kier molecular flexibility index (Phi) is 5.73. The van der Waals surface area contributed by atoms with Crippen LogP contribution in [0, 0.1) is 11.3 Å². The number of pyridine rings is 1. The summed E-state index contributed by atoms with van der Waals surface area (Å²) >= 11 is 0. The Hall–Kier alpha value is -4.38. The van der Waals surface area contributed by atoms with Crippen LogP contribution in [0.15, 0.2) is 72.7 Å². The van der Waals surface area contributed by atoms with Crippen LogP contribution in [0.5, 0.6) is 0 Å². The third-order valence-corrected chi connectivity index (χ3v) is 5.39. The van der Waals surface area contributed by atoms with E-state index in [2.05, 4.69) is 21.8 Å². The summed E-state index contributed by atoms with van der Waals surface area (Å²) in [6.07, 6.45) is 8.30. The Bertz CT molecular complexity index is 1280. The molecule has 1 atom stereocenters. The van der Waals surface area contributed by atoms with Crippen LogP contribution in [-0.4, -0.2) is 46.1 Å². The maximum atomic E-state index is 13.3. The molecule has 4 rings (SSSR count). The zero-order valence-corrected chi connectivity index (χ0v) is 17.7. The van der Waals surface area contributed by atoms with E-state index in [0.29, 0.717) is 23.2 Å². The number of aromatic nitrogens is 2. The normalized spacial score (nSPS) is 14.9. The van der Waals surface area contributed by atoms with Gasteiger partial charge < -0.3 is 15.5 Å². The highest BCUT2D eigenvalue weighted by Gasteiger charge is 2.23. The quantitative estimate of drug-likeness (QED) is 0.653. The molecule has 2 aromatic heterocycles. The largest absolute Gasteiger partial charge is 0.367 e. The Morgan fingerprint density at radius 2 is 2.03 bits per heavy atom. The summed E-state index contributed by atoms with van der Waals surface area (Å²) in [6, 6.07) is 12.9. The van der Waals surface area contributed by atoms with E-state index in [1.807, 2.05) is 25.1 Å². The Morgan fingerprint density at radius 3 is 2.66 bits per heavy atom. The topological polar surface area (TPSA) is 103 Å². The molecule has 160 valence electrons. The molecule has 0 radical (unpaired) electrons. The number of hydrogen-bond acceptors (Lipinski definition) is 5. The fraction of sp³-hybridized carbons (Fsp3) is 0.167. The monoisotopic (exact) mass is 426 g/mol. The summed E-state index contributed by atoms with van der Waals surface area (Å²) in [6.45, 7) is 2.41. The number of amides is 2. The highest BCUT2D eigenvalue weighted by molar-refractivity contribution is 5.97. The van der Waals surface area contributed by atoms with Gasteiger partial charge in [-0.2, -0.15) is 10.4 Å². The van der Waals surface area contributed by atoms with E-state index in [0.717, 1.165) is 16.6 Å². The average Bonchev–Trinajstić information content (AvgIpc) is 3.27. The number of carbonyl (C=O) groups is 2. The molecule has 2 amide bonds. The van der Waals surface area contributed by atoms with Crippen molar-refractivity contribution in [3.63, 3.8) is 0 Å². The van der Waals surface area contributed by atoms with Crippen molar-refractivity contribution in [2.45, 2.75) is 13.1 Å². The molecular weight excluding hydrogens is 404 g/mol. The molecule has 3 heterocycles. The van der Waals surface area contributed by atoms with Crippen molar-refractivity contribution >= 4 is 17.3 Å². The lowest BCUT2D eigenvalue weighted by Gasteiger charge is -2.30. The molecule has 0 spiro atoms. The van der Waals surface area contributed by atoms with Crippen molar-refractivity contribution in [3.8, 4) is 17.2 Å². The molecule has 0 aliphatic carbocycles. The van der Waals surface area contributed by atoms with E-state index < -0.39 is 0 Å². The lowest BCUT2D eigenvalue weighted by Crippen LogP contribution is -2.46. The van der Waals surface area contributed by atoms with Crippen LogP contribution in [0.1, 0.15) is 27.6 Å². The Morgan fingerprint density at radius 1 is 1.25 bits per heavy atom. The summed E-state index contributed by atoms with van der Waals surface area (Å²) in [5.74, 6) is -0.279. The van der Waals surface area contributed by atoms with Crippen LogP contribution < -0.4 is 10.6 Å². The van der Waals surface area contributed by atoms with E-state index in [1.165, 1.54) is 0 Å². The van der Waals surface area contributed by atoms with Gasteiger partial charge in [0.15, 0.2) is 0 Å². The first kappa shape index (κ1) is 20.9. The predicted octanol–water partition coefficient (Wildman–Crippen LogP) is 2.72. The van der Waals surface area contributed by atoms with Crippen LogP contribution in [-0.2, 0) is 0 Å². The first-order valence-electron chi connectivity index (χ1n) is 10.2. The second-order valence-corrected chi connectivity index (χ2v) is 7.23. The van der Waals surface area contributed by atoms with Gasteiger partial charge in [0, 0.05) is 42.7 Å². The number of nitriles is 1. The summed E-state index contributed by atoms with van der Waals surface area (Å²) in [7, 11) is 1.59. The zero-order valence-electron chi connectivity index (χ0n) is 17.7. The van der Waals surface area contributed by atoms with Gasteiger partial charge in [-0.1, -0.05) is 12.1 Å². The first-order valence-corrected chi connectivity index (χ1v) is 10.2. The first-order chi connectivity index (χ1) is 15.5. The summed E-state index contributed by atoms with van der Waals surface area (Å²) < 4.78 is 1.72. The molecule has 1 aromatic carbocycles. The van der Waals surface area contributed by atoms with E-state index in [4.69, 9.17) is 5.26 Å². The Labute approximate surface area is 185 Å². The van der Waals surface area contributed by atoms with E-state index >= 15 is 0 Å². The highest BCUT2D eigenvalue weighted by atomic mass is 16.2. The number of hydrogen-bond donors (Lipinski definition) is 2. The fourth-order valence-electron chi connectivity index (χ4n) is 3.65. The van der Waals surface area contributed by atoms with E-state index in [1.54, 1.807) is 65.4 Å². The molecule has 0 saturated heterocycles. The summed E-state index contributed by atoms with van der Waals surface area (Å²) in [5, 5.41) is 19.1. The van der Waals surface area contributed by atoms with Crippen molar-refractivity contribution < 1.29 is 9.59 Å². The van der Waals surface area contributed by atoms with Gasteiger partial charge in [-0.15, -0.1) is 0 Å². The van der Waals surface area contributed by atoms with E-state index in [9.17, 15) is 9.59 Å². The minimum atomic E-state index is -0.331. The standard InChI is InChI=1S/C24H22N6O2/c1-3-29(22-9-4-16(13-25)14-27-22)24(32)19-10-11-30-21(12-19)20(15-28-30)17-5-7-18(8-6-17)23(31)26-2/h4-12,14-15,22,27H,3H2,1-2H3,(H,26,31). The Balaban J connectivity index is 1.64. The number of rotatable bonds is 5. The molecule has 1 unspecified atom stereocenters. The van der Waals surface area contributed by atoms with Gasteiger partial charge >= 0.3 is 0 Å². The van der Waals surface area contributed by atoms with Crippen LogP contribution in [0.25, 0.3) is 16.6 Å². The maximum Gasteiger partial charge on any atom is 0.255 e. The number of dihydropyridines is 1. The van der Waals surface area contributed by atoms with Crippen LogP contribution in [0.3, 0.4) is 0 Å². The average molecular weight is 426 g/mol. The number of nitrogens with one attached hydrogen (secondary N) is 2. The molecule has 0 fully saturated rings. The molecule has 2 N–H and O–H groups in total. The minimum absolute atomic E-state index is 0.131. The van der Waals surface area contributed by atoms with Crippen molar-refractivity contribution in [2.75, 3.05) is 13.6 Å². The molecule has 8 nitrogen and oxygen atoms in total. The highest BCUT2D eigenvalue weighted by Crippen LogP contribution is 2.26. The number of allylic oxidation sites excluding steroid dienone is 2. The second-order valence-electron chi connectivity index (χ2n) is 7.23. The van der Waals surface area contributed by atoms with Crippen molar-refractivity contribution in [1.29, 1.82) is 5.26 Å². The fourth-order valence-corrected chi connectivity index (χ4v) is 3.65. The summed E-state index contributed by atoms with van der Waals surface area (Å²) in [4.78, 5) is 26.8. The zero-order chi connectivity index (χ0) is 22.7. The lowest BCUT2D eigenvalue weighted by atomic mass is 10.0. The third-order valence-electron chi connectivity index (χ3n) is 5.39. The smallest absolute Gasteiger partial charge is 0.255 e. The lowest BCUT2D eigenvalue weighted by molar-refractivity contribution is 0.0707. The van der Waals surface area contributed by atoms with Crippen molar-refractivity contribution in [3.05, 3.63) is 83.8 Å². The number of fused-ring (bicyclic) bond motifs is 1. The molecule has 1 aliphatic heterocycles. The van der Waals surface area contributed by atoms with Crippen LogP contribution >= 0.6 is 0 Å². The van der Waals surface area contributed by atoms with Gasteiger partial charge in [0.05, 0.1) is 17.3 Å². The van der Waals surface area contributed by atoms with Gasteiger partial charge in [-0.3, -0.25) is 9.59 Å². The van der Waals surface area contributed by atoms with Crippen molar-refractivity contribution in [2.24, 2.45) is 0 Å². The van der Waals surface area contributed by atoms with Gasteiger partial charge in [0.2, 0.25) is 0 Å². The number of carbonyl (C=O) groups excluding carboxylic acids is 2. The van der Waals surface area contributed by atoms with Crippen LogP contribution in [0.2, 0.25) is 0 Å². The molecule has 3 aromatic rings. The molecular formula is C24H22N6O2. The third kappa shape index (κ3) is 3.84. The maximum absolute atomic E-state index is 13.3. The van der Waals surface area contributed by atoms with Crippen molar-refractivity contribution in [1.82, 2.24) is 25.1 Å². The number of benzene rings is 1. The predicted molar refractivity (Wildman–Crippen MR) is 120 cm³/mol. The molecule has 32 heavy (non-hydrogen) atoms.